The Labute approximate surface area is 245 Å². The summed E-state index contributed by atoms with van der Waals surface area (Å²) >= 11 is 12.6. The average molecular weight is 607 g/mol. The summed E-state index contributed by atoms with van der Waals surface area (Å²) < 4.78 is 32.2. The average Bonchev–Trinajstić information content (AvgIpc) is 2.93. The lowest BCUT2D eigenvalue weighted by Crippen LogP contribution is -2.53. The van der Waals surface area contributed by atoms with E-state index < -0.39 is 28.5 Å². The van der Waals surface area contributed by atoms with Crippen LogP contribution in [0.4, 0.5) is 5.69 Å². The van der Waals surface area contributed by atoms with Gasteiger partial charge in [0.05, 0.1) is 19.1 Å². The van der Waals surface area contributed by atoms with Gasteiger partial charge in [-0.25, -0.2) is 8.42 Å². The summed E-state index contributed by atoms with van der Waals surface area (Å²) in [4.78, 5) is 29.0. The highest BCUT2D eigenvalue weighted by Crippen LogP contribution is 2.33. The number of amides is 2. The second-order valence-electron chi connectivity index (χ2n) is 9.20. The van der Waals surface area contributed by atoms with E-state index in [9.17, 15) is 18.0 Å². The minimum absolute atomic E-state index is 0.0141. The van der Waals surface area contributed by atoms with Gasteiger partial charge < -0.3 is 15.0 Å². The van der Waals surface area contributed by atoms with Gasteiger partial charge in [0.25, 0.3) is 0 Å². The first-order valence-electron chi connectivity index (χ1n) is 12.7. The molecule has 1 N–H and O–H groups in total. The number of nitrogens with zero attached hydrogens (tertiary/aromatic N) is 2. The lowest BCUT2D eigenvalue weighted by atomic mass is 10.0. The van der Waals surface area contributed by atoms with Crippen molar-refractivity contribution in [1.82, 2.24) is 10.2 Å². The molecule has 0 saturated carbocycles. The number of anilines is 1. The van der Waals surface area contributed by atoms with Crippen LogP contribution >= 0.6 is 23.2 Å². The Balaban J connectivity index is 2.09. The van der Waals surface area contributed by atoms with Crippen molar-refractivity contribution in [2.45, 2.75) is 32.4 Å². The maximum atomic E-state index is 14.1. The Morgan fingerprint density at radius 1 is 1.00 bits per heavy atom. The van der Waals surface area contributed by atoms with Gasteiger partial charge in [0.2, 0.25) is 21.8 Å². The molecule has 3 rings (SSSR count). The van der Waals surface area contributed by atoms with Crippen molar-refractivity contribution in [2.24, 2.45) is 0 Å². The zero-order valence-corrected chi connectivity index (χ0v) is 25.0. The number of hydrogen-bond acceptors (Lipinski definition) is 5. The number of halogens is 2. The SMILES string of the molecule is CCCNC(=O)[C@H](Cc1ccccc1)N(Cc1ccccc1Cl)C(=O)CN(c1cc(Cl)ccc1OC)S(C)(=O)=O. The Bertz CT molecular complexity index is 1420. The van der Waals surface area contributed by atoms with Gasteiger partial charge in [0.15, 0.2) is 0 Å². The number of rotatable bonds is 13. The van der Waals surface area contributed by atoms with Gasteiger partial charge >= 0.3 is 0 Å². The van der Waals surface area contributed by atoms with Crippen LogP contribution in [0.1, 0.15) is 24.5 Å². The summed E-state index contributed by atoms with van der Waals surface area (Å²) in [6, 6.07) is 19.9. The van der Waals surface area contributed by atoms with Crippen LogP contribution in [0.15, 0.2) is 72.8 Å². The van der Waals surface area contributed by atoms with Crippen molar-refractivity contribution in [3.8, 4) is 5.75 Å². The summed E-state index contributed by atoms with van der Waals surface area (Å²) in [6.07, 6.45) is 1.92. The third kappa shape index (κ3) is 8.36. The molecule has 2 amide bonds. The van der Waals surface area contributed by atoms with E-state index in [-0.39, 0.29) is 35.3 Å². The summed E-state index contributed by atoms with van der Waals surface area (Å²) in [7, 11) is -2.58. The van der Waals surface area contributed by atoms with Crippen LogP contribution in [0, 0.1) is 0 Å². The number of sulfonamides is 1. The molecule has 0 aliphatic rings. The Morgan fingerprint density at radius 2 is 1.68 bits per heavy atom. The third-order valence-electron chi connectivity index (χ3n) is 6.21. The fourth-order valence-electron chi connectivity index (χ4n) is 4.18. The van der Waals surface area contributed by atoms with E-state index in [1.165, 1.54) is 24.1 Å². The normalized spacial score (nSPS) is 11.9. The Hall–Kier alpha value is -3.27. The van der Waals surface area contributed by atoms with Gasteiger partial charge in [-0.2, -0.15) is 0 Å². The van der Waals surface area contributed by atoms with E-state index in [1.54, 1.807) is 30.3 Å². The Kier molecular flexibility index (Phi) is 11.2. The number of benzene rings is 3. The number of carbonyl (C=O) groups is 2. The molecule has 0 heterocycles. The maximum absolute atomic E-state index is 14.1. The quantitative estimate of drug-likeness (QED) is 0.298. The fraction of sp³-hybridized carbons (Fsp3) is 0.310. The van der Waals surface area contributed by atoms with Crippen LogP contribution in [-0.4, -0.2) is 57.6 Å². The molecule has 40 heavy (non-hydrogen) atoms. The zero-order chi connectivity index (χ0) is 29.3. The van der Waals surface area contributed by atoms with E-state index in [4.69, 9.17) is 27.9 Å². The molecule has 0 radical (unpaired) electrons. The summed E-state index contributed by atoms with van der Waals surface area (Å²) in [5.41, 5.74) is 1.57. The molecule has 0 spiro atoms. The highest BCUT2D eigenvalue weighted by atomic mass is 35.5. The monoisotopic (exact) mass is 605 g/mol. The van der Waals surface area contributed by atoms with Crippen LogP contribution < -0.4 is 14.4 Å². The minimum Gasteiger partial charge on any atom is -0.495 e. The van der Waals surface area contributed by atoms with Crippen molar-refractivity contribution in [2.75, 3.05) is 30.8 Å². The molecule has 0 unspecified atom stereocenters. The number of ether oxygens (including phenoxy) is 1. The molecule has 0 fully saturated rings. The molecule has 1 atom stereocenters. The smallest absolute Gasteiger partial charge is 0.244 e. The zero-order valence-electron chi connectivity index (χ0n) is 22.6. The highest BCUT2D eigenvalue weighted by Gasteiger charge is 2.34. The Morgan fingerprint density at radius 3 is 2.30 bits per heavy atom. The second kappa shape index (κ2) is 14.4. The predicted octanol–water partition coefficient (Wildman–Crippen LogP) is 4.93. The van der Waals surface area contributed by atoms with Crippen LogP contribution in [0.5, 0.6) is 5.75 Å². The van der Waals surface area contributed by atoms with Gasteiger partial charge in [-0.15, -0.1) is 0 Å². The van der Waals surface area contributed by atoms with Gasteiger partial charge in [-0.3, -0.25) is 13.9 Å². The van der Waals surface area contributed by atoms with Crippen LogP contribution in [-0.2, 0) is 32.6 Å². The molecule has 0 aliphatic carbocycles. The lowest BCUT2D eigenvalue weighted by molar-refractivity contribution is -0.140. The van der Waals surface area contributed by atoms with Gasteiger partial charge in [0.1, 0.15) is 18.3 Å². The van der Waals surface area contributed by atoms with Crippen molar-refractivity contribution in [1.29, 1.82) is 0 Å². The first kappa shape index (κ1) is 31.3. The van der Waals surface area contributed by atoms with Crippen LogP contribution in [0.25, 0.3) is 0 Å². The van der Waals surface area contributed by atoms with Crippen molar-refractivity contribution in [3.63, 3.8) is 0 Å². The topological polar surface area (TPSA) is 96.0 Å². The maximum Gasteiger partial charge on any atom is 0.244 e. The van der Waals surface area contributed by atoms with Gasteiger partial charge in [-0.05, 0) is 41.8 Å². The third-order valence-corrected chi connectivity index (χ3v) is 7.94. The standard InChI is InChI=1S/C29H33Cl2N3O5S/c1-4-16-32-29(36)26(17-21-10-6-5-7-11-21)33(19-22-12-8-9-13-24(22)31)28(35)20-34(40(3,37)38)25-18-23(30)14-15-27(25)39-2/h5-15,18,26H,4,16-17,19-20H2,1-3H3,(H,32,36)/t26-/m0/s1. The number of nitrogens with one attached hydrogen (secondary N) is 1. The number of carbonyl (C=O) groups excluding carboxylic acids is 2. The molecule has 8 nitrogen and oxygen atoms in total. The van der Waals surface area contributed by atoms with E-state index in [0.29, 0.717) is 23.6 Å². The molecule has 0 saturated heterocycles. The predicted molar refractivity (Wildman–Crippen MR) is 159 cm³/mol. The van der Waals surface area contributed by atoms with Crippen molar-refractivity contribution >= 4 is 50.7 Å². The second-order valence-corrected chi connectivity index (χ2v) is 11.9. The molecular formula is C29H33Cl2N3O5S. The highest BCUT2D eigenvalue weighted by molar-refractivity contribution is 7.92. The van der Waals surface area contributed by atoms with Crippen molar-refractivity contribution in [3.05, 3.63) is 94.0 Å². The molecule has 3 aromatic rings. The van der Waals surface area contributed by atoms with E-state index >= 15 is 0 Å². The molecule has 11 heteroatoms. The van der Waals surface area contributed by atoms with E-state index in [1.807, 2.05) is 37.3 Å². The van der Waals surface area contributed by atoms with Crippen LogP contribution in [0.2, 0.25) is 10.0 Å². The lowest BCUT2D eigenvalue weighted by Gasteiger charge is -2.34. The first-order chi connectivity index (χ1) is 19.0. The van der Waals surface area contributed by atoms with E-state index in [2.05, 4.69) is 5.32 Å². The van der Waals surface area contributed by atoms with E-state index in [0.717, 1.165) is 16.1 Å². The number of hydrogen-bond donors (Lipinski definition) is 1. The molecule has 0 bridgehead atoms. The molecule has 0 aliphatic heterocycles. The minimum atomic E-state index is -3.98. The molecular weight excluding hydrogens is 573 g/mol. The van der Waals surface area contributed by atoms with Crippen LogP contribution in [0.3, 0.4) is 0 Å². The molecule has 214 valence electrons. The molecule has 0 aromatic heterocycles. The first-order valence-corrected chi connectivity index (χ1v) is 15.3. The fourth-order valence-corrected chi connectivity index (χ4v) is 5.39. The summed E-state index contributed by atoms with van der Waals surface area (Å²) in [5, 5.41) is 3.58. The summed E-state index contributed by atoms with van der Waals surface area (Å²) in [5.74, 6) is -0.723. The van der Waals surface area contributed by atoms with Crippen molar-refractivity contribution < 1.29 is 22.7 Å². The molecule has 3 aromatic carbocycles. The van der Waals surface area contributed by atoms with Gasteiger partial charge in [-0.1, -0.05) is 78.7 Å². The largest absolute Gasteiger partial charge is 0.495 e. The summed E-state index contributed by atoms with van der Waals surface area (Å²) in [6.45, 7) is 1.75. The number of methoxy groups -OCH3 is 1. The van der Waals surface area contributed by atoms with Gasteiger partial charge in [0, 0.05) is 29.6 Å².